The average Bonchev–Trinajstić information content (AvgIpc) is 2.73. The quantitative estimate of drug-likeness (QED) is 0.575. The van der Waals surface area contributed by atoms with E-state index in [9.17, 15) is 14.7 Å². The van der Waals surface area contributed by atoms with Crippen LogP contribution in [0.5, 0.6) is 0 Å². The second-order valence-corrected chi connectivity index (χ2v) is 10.1. The van der Waals surface area contributed by atoms with Gasteiger partial charge in [0.15, 0.2) is 0 Å². The summed E-state index contributed by atoms with van der Waals surface area (Å²) in [5.74, 6) is 1.18. The molecule has 0 saturated heterocycles. The summed E-state index contributed by atoms with van der Waals surface area (Å²) in [7, 11) is 0. The molecule has 2 unspecified atom stereocenters. The number of nitrogens with one attached hydrogen (secondary N) is 2. The molecule has 4 fully saturated rings. The van der Waals surface area contributed by atoms with Gasteiger partial charge >= 0.3 is 0 Å². The third-order valence-corrected chi connectivity index (χ3v) is 7.85. The minimum absolute atomic E-state index is 0.147. The van der Waals surface area contributed by atoms with Crippen LogP contribution in [0.25, 0.3) is 0 Å². The molecule has 8 nitrogen and oxygen atoms in total. The van der Waals surface area contributed by atoms with Gasteiger partial charge in [-0.05, 0) is 83.5 Å². The summed E-state index contributed by atoms with van der Waals surface area (Å²) in [6.45, 7) is 0.223. The Balaban J connectivity index is 1.24. The number of hydrogen-bond donors (Lipinski definition) is 3. The molecule has 2 atom stereocenters. The summed E-state index contributed by atoms with van der Waals surface area (Å²) in [4.78, 5) is 29.0. The van der Waals surface area contributed by atoms with Gasteiger partial charge in [0.1, 0.15) is 11.0 Å². The van der Waals surface area contributed by atoms with Gasteiger partial charge in [0.2, 0.25) is 5.91 Å². The van der Waals surface area contributed by atoms with Crippen molar-refractivity contribution in [3.05, 3.63) is 51.1 Å². The highest BCUT2D eigenvalue weighted by atomic mass is 79.9. The Morgan fingerprint density at radius 2 is 1.94 bits per heavy atom. The Morgan fingerprint density at radius 3 is 2.61 bits per heavy atom. The lowest BCUT2D eigenvalue weighted by molar-refractivity contribution is -0.129. The van der Waals surface area contributed by atoms with E-state index in [0.29, 0.717) is 34.5 Å². The summed E-state index contributed by atoms with van der Waals surface area (Å²) < 4.78 is 1.55. The summed E-state index contributed by atoms with van der Waals surface area (Å²) in [5, 5.41) is 21.3. The van der Waals surface area contributed by atoms with E-state index in [-0.39, 0.29) is 24.1 Å². The van der Waals surface area contributed by atoms with E-state index in [1.807, 2.05) is 12.1 Å². The zero-order valence-corrected chi connectivity index (χ0v) is 18.7. The number of carbonyl (C=O) groups is 1. The van der Waals surface area contributed by atoms with Crippen LogP contribution in [-0.4, -0.2) is 37.4 Å². The molecule has 0 aliphatic heterocycles. The first kappa shape index (κ1) is 20.6. The lowest BCUT2D eigenvalue weighted by Crippen LogP contribution is -2.59. The highest BCUT2D eigenvalue weighted by Crippen LogP contribution is 2.56. The first-order valence-corrected chi connectivity index (χ1v) is 11.6. The molecule has 4 bridgehead atoms. The Labute approximate surface area is 188 Å². The zero-order valence-electron chi connectivity index (χ0n) is 17.1. The number of carbonyl (C=O) groups excluding carboxylic acids is 1. The van der Waals surface area contributed by atoms with Gasteiger partial charge in [0, 0.05) is 25.0 Å². The lowest BCUT2D eigenvalue weighted by atomic mass is 9.52. The van der Waals surface area contributed by atoms with Crippen molar-refractivity contribution in [1.82, 2.24) is 20.1 Å². The first-order chi connectivity index (χ1) is 14.9. The fourth-order valence-electron chi connectivity index (χ4n) is 5.97. The molecule has 2 heterocycles. The topological polar surface area (TPSA) is 109 Å². The number of pyridine rings is 1. The van der Waals surface area contributed by atoms with Gasteiger partial charge in [0.05, 0.1) is 17.5 Å². The molecule has 4 aliphatic carbocycles. The normalized spacial score (nSPS) is 30.9. The van der Waals surface area contributed by atoms with Crippen LogP contribution in [0.3, 0.4) is 0 Å². The summed E-state index contributed by atoms with van der Waals surface area (Å²) in [6, 6.07) is 3.89. The molecule has 4 saturated carbocycles. The zero-order chi connectivity index (χ0) is 21.6. The van der Waals surface area contributed by atoms with Crippen LogP contribution in [0.2, 0.25) is 0 Å². The van der Waals surface area contributed by atoms with E-state index in [4.69, 9.17) is 0 Å². The van der Waals surface area contributed by atoms with Gasteiger partial charge in [0.25, 0.3) is 5.56 Å². The molecule has 0 spiro atoms. The summed E-state index contributed by atoms with van der Waals surface area (Å²) in [6.07, 6.45) is 9.82. The molecule has 6 rings (SSSR count). The van der Waals surface area contributed by atoms with Crippen molar-refractivity contribution in [2.45, 2.75) is 56.8 Å². The third kappa shape index (κ3) is 4.13. The maximum absolute atomic E-state index is 12.8. The summed E-state index contributed by atoms with van der Waals surface area (Å²) >= 11 is 3.41. The van der Waals surface area contributed by atoms with Crippen LogP contribution in [0.15, 0.2) is 40.0 Å². The van der Waals surface area contributed by atoms with E-state index in [0.717, 1.165) is 42.3 Å². The molecule has 2 aromatic rings. The number of amides is 1. The van der Waals surface area contributed by atoms with E-state index >= 15 is 0 Å². The van der Waals surface area contributed by atoms with Crippen LogP contribution < -0.4 is 16.2 Å². The number of rotatable bonds is 6. The van der Waals surface area contributed by atoms with Crippen LogP contribution >= 0.6 is 15.9 Å². The predicted molar refractivity (Wildman–Crippen MR) is 118 cm³/mol. The van der Waals surface area contributed by atoms with E-state index in [1.54, 1.807) is 18.6 Å². The SMILES string of the molecule is O=C(Cn1ncc(NC2C3CC4CC2CC(O)(C4)C3)c(Br)c1=O)NCc1ccncc1. The number of aromatic nitrogens is 3. The molecular weight excluding hydrogens is 462 g/mol. The lowest BCUT2D eigenvalue weighted by Gasteiger charge is -2.58. The highest BCUT2D eigenvalue weighted by Gasteiger charge is 2.54. The molecule has 3 N–H and O–H groups in total. The van der Waals surface area contributed by atoms with Crippen molar-refractivity contribution in [3.63, 3.8) is 0 Å². The van der Waals surface area contributed by atoms with Crippen LogP contribution in [0.4, 0.5) is 5.69 Å². The predicted octanol–water partition coefficient (Wildman–Crippen LogP) is 2.07. The van der Waals surface area contributed by atoms with Gasteiger partial charge in [-0.2, -0.15) is 5.10 Å². The standard InChI is InChI=1S/C22H26BrN5O3/c23-19-17(27-20-15-5-14-6-16(20)9-22(31,7-14)8-15)11-26-28(21(19)30)12-18(29)25-10-13-1-3-24-4-2-13/h1-4,11,14-16,20,27,31H,5-10,12H2,(H,25,29). The van der Waals surface area contributed by atoms with Crippen molar-refractivity contribution in [3.8, 4) is 0 Å². The van der Waals surface area contributed by atoms with Gasteiger partial charge in [-0.25, -0.2) is 4.68 Å². The molecule has 1 amide bonds. The minimum atomic E-state index is -0.489. The minimum Gasteiger partial charge on any atom is -0.390 e. The maximum atomic E-state index is 12.8. The fraction of sp³-hybridized carbons (Fsp3) is 0.545. The second-order valence-electron chi connectivity index (χ2n) is 9.33. The van der Waals surface area contributed by atoms with E-state index in [2.05, 4.69) is 36.6 Å². The average molecular weight is 488 g/mol. The highest BCUT2D eigenvalue weighted by molar-refractivity contribution is 9.10. The monoisotopic (exact) mass is 487 g/mol. The maximum Gasteiger partial charge on any atom is 0.283 e. The van der Waals surface area contributed by atoms with Gasteiger partial charge in [-0.15, -0.1) is 0 Å². The number of halogens is 1. The second kappa shape index (κ2) is 8.02. The number of anilines is 1. The Bertz CT molecular complexity index is 1030. The molecule has 0 aromatic carbocycles. The van der Waals surface area contributed by atoms with Crippen molar-refractivity contribution in [2.75, 3.05) is 5.32 Å². The van der Waals surface area contributed by atoms with Gasteiger partial charge in [-0.1, -0.05) is 0 Å². The fourth-order valence-corrected chi connectivity index (χ4v) is 6.39. The van der Waals surface area contributed by atoms with E-state index < -0.39 is 5.60 Å². The molecule has 9 heteroatoms. The van der Waals surface area contributed by atoms with E-state index in [1.165, 1.54) is 0 Å². The van der Waals surface area contributed by atoms with Crippen molar-refractivity contribution in [1.29, 1.82) is 0 Å². The van der Waals surface area contributed by atoms with Gasteiger partial charge < -0.3 is 15.7 Å². The van der Waals surface area contributed by atoms with Crippen molar-refractivity contribution < 1.29 is 9.90 Å². The van der Waals surface area contributed by atoms with Gasteiger partial charge in [-0.3, -0.25) is 14.6 Å². The number of nitrogens with zero attached hydrogens (tertiary/aromatic N) is 3. The number of aliphatic hydroxyl groups is 1. The van der Waals surface area contributed by atoms with Crippen molar-refractivity contribution in [2.24, 2.45) is 17.8 Å². The molecule has 4 aliphatic rings. The third-order valence-electron chi connectivity index (χ3n) is 7.08. The molecule has 2 aromatic heterocycles. The largest absolute Gasteiger partial charge is 0.390 e. The molecular formula is C22H26BrN5O3. The Morgan fingerprint density at radius 1 is 1.23 bits per heavy atom. The Hall–Kier alpha value is -2.26. The van der Waals surface area contributed by atoms with Crippen LogP contribution in [-0.2, 0) is 17.9 Å². The smallest absolute Gasteiger partial charge is 0.283 e. The van der Waals surface area contributed by atoms with Crippen LogP contribution in [0.1, 0.15) is 37.7 Å². The van der Waals surface area contributed by atoms with Crippen LogP contribution in [0, 0.1) is 17.8 Å². The number of hydrogen-bond acceptors (Lipinski definition) is 6. The van der Waals surface area contributed by atoms with Crippen molar-refractivity contribution >= 4 is 27.5 Å². The Kier molecular flexibility index (Phi) is 5.34. The summed E-state index contributed by atoms with van der Waals surface area (Å²) in [5.41, 5.74) is 0.760. The molecule has 164 valence electrons. The molecule has 0 radical (unpaired) electrons. The first-order valence-electron chi connectivity index (χ1n) is 10.8. The molecule has 31 heavy (non-hydrogen) atoms.